The number of benzene rings is 2. The van der Waals surface area contributed by atoms with Crippen molar-refractivity contribution >= 4 is 23.6 Å². The highest BCUT2D eigenvalue weighted by Crippen LogP contribution is 2.18. The van der Waals surface area contributed by atoms with Gasteiger partial charge in [0.05, 0.1) is 24.6 Å². The minimum atomic E-state index is -1.22. The monoisotopic (exact) mass is 496 g/mol. The molecule has 3 rings (SSSR count). The Morgan fingerprint density at radius 1 is 1.08 bits per heavy atom. The normalized spacial score (nSPS) is 19.9. The maximum absolute atomic E-state index is 13.0. The molecule has 0 saturated heterocycles. The summed E-state index contributed by atoms with van der Waals surface area (Å²) in [5.41, 5.74) is 1.33. The molecule has 0 fully saturated rings. The first-order valence-corrected chi connectivity index (χ1v) is 11.9. The lowest BCUT2D eigenvalue weighted by molar-refractivity contribution is -0.133. The van der Waals surface area contributed by atoms with Crippen molar-refractivity contribution in [3.8, 4) is 5.75 Å². The summed E-state index contributed by atoms with van der Waals surface area (Å²) in [7, 11) is 0. The topological polar surface area (TPSA) is 146 Å². The van der Waals surface area contributed by atoms with Gasteiger partial charge in [-0.2, -0.15) is 0 Å². The summed E-state index contributed by atoms with van der Waals surface area (Å²) >= 11 is 0. The van der Waals surface area contributed by atoms with E-state index in [1.807, 2.05) is 30.3 Å². The summed E-state index contributed by atoms with van der Waals surface area (Å²) in [4.78, 5) is 51.2. The van der Waals surface area contributed by atoms with Gasteiger partial charge in [-0.1, -0.05) is 42.5 Å². The smallest absolute Gasteiger partial charge is 0.255 e. The molecule has 2 aromatic rings. The van der Waals surface area contributed by atoms with E-state index in [9.17, 15) is 24.3 Å². The van der Waals surface area contributed by atoms with Crippen LogP contribution in [-0.2, 0) is 20.8 Å². The highest BCUT2D eigenvalue weighted by atomic mass is 16.5. The van der Waals surface area contributed by atoms with Crippen LogP contribution in [0.5, 0.6) is 5.75 Å². The van der Waals surface area contributed by atoms with Crippen molar-refractivity contribution in [3.05, 3.63) is 65.7 Å². The predicted octanol–water partition coefficient (Wildman–Crippen LogP) is 0.298. The largest absolute Gasteiger partial charge is 0.491 e. The summed E-state index contributed by atoms with van der Waals surface area (Å²) in [6.07, 6.45) is -0.170. The van der Waals surface area contributed by atoms with Crippen molar-refractivity contribution in [3.63, 3.8) is 0 Å². The second-order valence-corrected chi connectivity index (χ2v) is 8.53. The maximum Gasteiger partial charge on any atom is 0.255 e. The molecule has 2 aromatic carbocycles. The zero-order chi connectivity index (χ0) is 25.9. The van der Waals surface area contributed by atoms with Crippen molar-refractivity contribution in [2.75, 3.05) is 19.7 Å². The lowest BCUT2D eigenvalue weighted by Crippen LogP contribution is -2.55. The molecule has 1 aliphatic heterocycles. The van der Waals surface area contributed by atoms with Gasteiger partial charge < -0.3 is 31.1 Å². The van der Waals surface area contributed by atoms with Gasteiger partial charge in [0.25, 0.3) is 5.91 Å². The zero-order valence-corrected chi connectivity index (χ0v) is 20.2. The second kappa shape index (κ2) is 13.2. The third-order valence-electron chi connectivity index (χ3n) is 5.67. The standard InChI is InChI=1S/C26H32N4O6/c1-17(31)23-26(35)28-14-15-36-21-12-6-5-11-19(21)24(33)29-20(16-22(32)30-23)25(34)27-13-7-10-18-8-3-2-4-9-18/h2-6,8-9,11-12,17,20,23,31H,7,10,13-16H2,1H3,(H,27,34)(H,28,35)(H,29,33)(H,30,32)/t17-,20+,23+/m1/s1. The van der Waals surface area contributed by atoms with Crippen LogP contribution in [0.2, 0.25) is 0 Å². The van der Waals surface area contributed by atoms with Crippen molar-refractivity contribution in [1.82, 2.24) is 21.3 Å². The molecule has 1 aliphatic rings. The number of para-hydroxylation sites is 1. The van der Waals surface area contributed by atoms with E-state index in [1.54, 1.807) is 24.3 Å². The molecule has 4 amide bonds. The molecule has 10 nitrogen and oxygen atoms in total. The van der Waals surface area contributed by atoms with Gasteiger partial charge in [-0.05, 0) is 37.5 Å². The predicted molar refractivity (Wildman–Crippen MR) is 132 cm³/mol. The number of aliphatic hydroxyl groups excluding tert-OH is 1. The fourth-order valence-electron chi connectivity index (χ4n) is 3.77. The lowest BCUT2D eigenvalue weighted by atomic mass is 10.1. The molecular weight excluding hydrogens is 464 g/mol. The molecule has 192 valence electrons. The van der Waals surface area contributed by atoms with Crippen LogP contribution in [0.15, 0.2) is 54.6 Å². The van der Waals surface area contributed by atoms with Gasteiger partial charge in [-0.3, -0.25) is 19.2 Å². The average molecular weight is 497 g/mol. The number of carbonyl (C=O) groups excluding carboxylic acids is 4. The molecule has 0 aromatic heterocycles. The van der Waals surface area contributed by atoms with Gasteiger partial charge in [0.2, 0.25) is 17.7 Å². The summed E-state index contributed by atoms with van der Waals surface area (Å²) in [6.45, 7) is 1.88. The number of aliphatic hydroxyl groups is 1. The summed E-state index contributed by atoms with van der Waals surface area (Å²) in [6, 6.07) is 13.9. The summed E-state index contributed by atoms with van der Waals surface area (Å²) in [5.74, 6) is -2.08. The van der Waals surface area contributed by atoms with Crippen molar-refractivity contribution in [2.45, 2.75) is 44.4 Å². The quantitative estimate of drug-likeness (QED) is 0.364. The minimum Gasteiger partial charge on any atom is -0.491 e. The van der Waals surface area contributed by atoms with E-state index in [-0.39, 0.29) is 24.5 Å². The average Bonchev–Trinajstić information content (AvgIpc) is 2.87. The summed E-state index contributed by atoms with van der Waals surface area (Å²) in [5, 5.41) is 20.4. The molecule has 3 atom stereocenters. The Morgan fingerprint density at radius 2 is 1.81 bits per heavy atom. The fraction of sp³-hybridized carbons (Fsp3) is 0.385. The minimum absolute atomic E-state index is 0.0574. The number of ether oxygens (including phenoxy) is 1. The number of hydrogen-bond donors (Lipinski definition) is 5. The maximum atomic E-state index is 13.0. The highest BCUT2D eigenvalue weighted by molar-refractivity contribution is 6.01. The first-order chi connectivity index (χ1) is 17.3. The van der Waals surface area contributed by atoms with Crippen LogP contribution in [-0.4, -0.2) is 66.6 Å². The first kappa shape index (κ1) is 26.7. The third kappa shape index (κ3) is 7.81. The molecule has 0 spiro atoms. The number of carbonyl (C=O) groups is 4. The Bertz CT molecular complexity index is 1060. The van der Waals surface area contributed by atoms with Crippen LogP contribution in [0, 0.1) is 0 Å². The van der Waals surface area contributed by atoms with Gasteiger partial charge in [0.15, 0.2) is 0 Å². The van der Waals surface area contributed by atoms with Crippen molar-refractivity contribution < 1.29 is 29.0 Å². The molecule has 0 bridgehead atoms. The number of hydrogen-bond acceptors (Lipinski definition) is 6. The Balaban J connectivity index is 1.74. The van der Waals surface area contributed by atoms with Crippen molar-refractivity contribution in [1.29, 1.82) is 0 Å². The number of amides is 4. The molecule has 0 aliphatic carbocycles. The van der Waals surface area contributed by atoms with Crippen LogP contribution < -0.4 is 26.0 Å². The molecule has 0 saturated carbocycles. The zero-order valence-electron chi connectivity index (χ0n) is 20.2. The number of rotatable bonds is 6. The van der Waals surface area contributed by atoms with Gasteiger partial charge in [0, 0.05) is 6.54 Å². The van der Waals surface area contributed by atoms with Crippen molar-refractivity contribution in [2.24, 2.45) is 0 Å². The van der Waals surface area contributed by atoms with Crippen LogP contribution >= 0.6 is 0 Å². The molecule has 0 unspecified atom stereocenters. The van der Waals surface area contributed by atoms with Crippen LogP contribution in [0.25, 0.3) is 0 Å². The van der Waals surface area contributed by atoms with Crippen LogP contribution in [0.3, 0.4) is 0 Å². The van der Waals surface area contributed by atoms with E-state index in [0.29, 0.717) is 13.0 Å². The lowest BCUT2D eigenvalue weighted by Gasteiger charge is -2.24. The van der Waals surface area contributed by atoms with E-state index in [4.69, 9.17) is 4.74 Å². The molecule has 0 radical (unpaired) electrons. The van der Waals surface area contributed by atoms with E-state index in [2.05, 4.69) is 21.3 Å². The van der Waals surface area contributed by atoms with E-state index in [0.717, 1.165) is 12.0 Å². The van der Waals surface area contributed by atoms with Crippen LogP contribution in [0.4, 0.5) is 0 Å². The van der Waals surface area contributed by atoms with E-state index >= 15 is 0 Å². The second-order valence-electron chi connectivity index (χ2n) is 8.53. The first-order valence-electron chi connectivity index (χ1n) is 11.9. The van der Waals surface area contributed by atoms with E-state index < -0.39 is 48.2 Å². The number of nitrogens with one attached hydrogen (secondary N) is 4. The molecule has 36 heavy (non-hydrogen) atoms. The fourth-order valence-corrected chi connectivity index (χ4v) is 3.77. The van der Waals surface area contributed by atoms with Gasteiger partial charge in [-0.15, -0.1) is 0 Å². The SMILES string of the molecule is C[C@@H](O)[C@@H]1NC(=O)C[C@@H](C(=O)NCCCc2ccccc2)NC(=O)c2ccccc2OCCNC1=O. The van der Waals surface area contributed by atoms with Gasteiger partial charge >= 0.3 is 0 Å². The van der Waals surface area contributed by atoms with Gasteiger partial charge in [-0.25, -0.2) is 0 Å². The van der Waals surface area contributed by atoms with Crippen LogP contribution in [0.1, 0.15) is 35.7 Å². The Hall–Kier alpha value is -3.92. The van der Waals surface area contributed by atoms with Gasteiger partial charge in [0.1, 0.15) is 24.4 Å². The Morgan fingerprint density at radius 3 is 2.56 bits per heavy atom. The molecule has 5 N–H and O–H groups in total. The highest BCUT2D eigenvalue weighted by Gasteiger charge is 2.30. The molecular formula is C26H32N4O6. The Labute approximate surface area is 209 Å². The summed E-state index contributed by atoms with van der Waals surface area (Å²) < 4.78 is 5.66. The number of fused-ring (bicyclic) bond motifs is 1. The number of aryl methyl sites for hydroxylation is 1. The molecule has 10 heteroatoms. The Kier molecular flexibility index (Phi) is 9.82. The van der Waals surface area contributed by atoms with E-state index in [1.165, 1.54) is 6.92 Å². The molecule has 1 heterocycles. The third-order valence-corrected chi connectivity index (χ3v) is 5.67.